The van der Waals surface area contributed by atoms with Crippen LogP contribution in [0.1, 0.15) is 36.4 Å². The monoisotopic (exact) mass is 419 g/mol. The highest BCUT2D eigenvalue weighted by molar-refractivity contribution is 5.76. The molecular formula is C25H26FN3O2. The molecule has 0 bridgehead atoms. The molecule has 0 aliphatic carbocycles. The van der Waals surface area contributed by atoms with Crippen LogP contribution < -0.4 is 4.74 Å². The third-order valence-electron chi connectivity index (χ3n) is 5.77. The first kappa shape index (κ1) is 21.0. The summed E-state index contributed by atoms with van der Waals surface area (Å²) in [6.45, 7) is 1.39. The smallest absolute Gasteiger partial charge is 0.222 e. The van der Waals surface area contributed by atoms with E-state index < -0.39 is 0 Å². The number of nitrogens with zero attached hydrogens (tertiary/aromatic N) is 3. The molecule has 1 aliphatic rings. The van der Waals surface area contributed by atoms with E-state index in [0.29, 0.717) is 19.4 Å². The van der Waals surface area contributed by atoms with Gasteiger partial charge >= 0.3 is 0 Å². The van der Waals surface area contributed by atoms with Gasteiger partial charge in [0.05, 0.1) is 18.5 Å². The maximum atomic E-state index is 13.1. The van der Waals surface area contributed by atoms with Crippen LogP contribution in [0.25, 0.3) is 11.3 Å². The largest absolute Gasteiger partial charge is 0.497 e. The van der Waals surface area contributed by atoms with Crippen LogP contribution in [-0.4, -0.2) is 41.0 Å². The molecule has 160 valence electrons. The summed E-state index contributed by atoms with van der Waals surface area (Å²) in [4.78, 5) is 24.0. The molecule has 1 amide bonds. The first-order chi connectivity index (χ1) is 15.1. The molecule has 0 N–H and O–H groups in total. The lowest BCUT2D eigenvalue weighted by Gasteiger charge is -2.33. The molecule has 4 rings (SSSR count). The number of likely N-dealkylation sites (tertiary alicyclic amines) is 1. The summed E-state index contributed by atoms with van der Waals surface area (Å²) in [5.41, 5.74) is 3.69. The topological polar surface area (TPSA) is 55.3 Å². The first-order valence-electron chi connectivity index (χ1n) is 10.6. The quantitative estimate of drug-likeness (QED) is 0.585. The Balaban J connectivity index is 1.47. The second kappa shape index (κ2) is 9.69. The Labute approximate surface area is 181 Å². The van der Waals surface area contributed by atoms with Crippen molar-refractivity contribution in [2.45, 2.75) is 31.6 Å². The van der Waals surface area contributed by atoms with Gasteiger partial charge in [0.25, 0.3) is 0 Å². The van der Waals surface area contributed by atoms with Crippen LogP contribution in [0, 0.1) is 5.82 Å². The molecule has 1 saturated heterocycles. The first-order valence-corrected chi connectivity index (χ1v) is 10.6. The van der Waals surface area contributed by atoms with Gasteiger partial charge in [-0.1, -0.05) is 24.3 Å². The van der Waals surface area contributed by atoms with E-state index in [2.05, 4.69) is 9.97 Å². The zero-order valence-electron chi connectivity index (χ0n) is 17.6. The lowest BCUT2D eigenvalue weighted by Crippen LogP contribution is -2.39. The van der Waals surface area contributed by atoms with Gasteiger partial charge in [-0.2, -0.15) is 0 Å². The van der Waals surface area contributed by atoms with Gasteiger partial charge in [0.15, 0.2) is 0 Å². The minimum atomic E-state index is -0.259. The molecular weight excluding hydrogens is 393 g/mol. The number of hydrogen-bond acceptors (Lipinski definition) is 4. The Morgan fingerprint density at radius 3 is 2.77 bits per heavy atom. The molecule has 2 aromatic carbocycles. The van der Waals surface area contributed by atoms with Gasteiger partial charge < -0.3 is 9.64 Å². The summed E-state index contributed by atoms with van der Waals surface area (Å²) in [5, 5.41) is 0. The minimum absolute atomic E-state index is 0.126. The molecule has 5 nitrogen and oxygen atoms in total. The summed E-state index contributed by atoms with van der Waals surface area (Å²) in [6.07, 6.45) is 6.35. The summed E-state index contributed by atoms with van der Waals surface area (Å²) < 4.78 is 18.4. The zero-order chi connectivity index (χ0) is 21.6. The number of benzene rings is 2. The fourth-order valence-corrected chi connectivity index (χ4v) is 4.13. The molecule has 0 radical (unpaired) electrons. The Morgan fingerprint density at radius 1 is 1.16 bits per heavy atom. The van der Waals surface area contributed by atoms with E-state index in [-0.39, 0.29) is 17.6 Å². The van der Waals surface area contributed by atoms with Crippen molar-refractivity contribution in [2.75, 3.05) is 20.2 Å². The van der Waals surface area contributed by atoms with E-state index in [1.807, 2.05) is 29.2 Å². The lowest BCUT2D eigenvalue weighted by atomic mass is 9.91. The summed E-state index contributed by atoms with van der Waals surface area (Å²) in [6, 6.07) is 14.2. The van der Waals surface area contributed by atoms with Crippen molar-refractivity contribution < 1.29 is 13.9 Å². The number of halogens is 1. The number of hydrogen-bond donors (Lipinski definition) is 0. The fourth-order valence-electron chi connectivity index (χ4n) is 4.13. The molecule has 1 unspecified atom stereocenters. The number of rotatable bonds is 6. The Hall–Kier alpha value is -3.28. The number of aromatic nitrogens is 2. The number of piperidine rings is 1. The maximum absolute atomic E-state index is 13.1. The van der Waals surface area contributed by atoms with Gasteiger partial charge in [0.2, 0.25) is 5.91 Å². The average molecular weight is 420 g/mol. The lowest BCUT2D eigenvalue weighted by molar-refractivity contribution is -0.132. The third kappa shape index (κ3) is 5.08. The molecule has 1 aromatic heterocycles. The van der Waals surface area contributed by atoms with E-state index >= 15 is 0 Å². The normalized spacial score (nSPS) is 16.2. The Bertz CT molecular complexity index is 1040. The molecule has 1 aliphatic heterocycles. The predicted molar refractivity (Wildman–Crippen MR) is 117 cm³/mol. The van der Waals surface area contributed by atoms with E-state index in [1.165, 1.54) is 12.1 Å². The Morgan fingerprint density at radius 2 is 1.97 bits per heavy atom. The van der Waals surface area contributed by atoms with Gasteiger partial charge in [-0.15, -0.1) is 0 Å². The minimum Gasteiger partial charge on any atom is -0.497 e. The SMILES string of the molecule is COc1cccc(-c2nccnc2C2CCCN(C(=O)CCc3ccc(F)cc3)C2)c1. The highest BCUT2D eigenvalue weighted by Gasteiger charge is 2.27. The van der Waals surface area contributed by atoms with Crippen molar-refractivity contribution in [3.63, 3.8) is 0 Å². The van der Waals surface area contributed by atoms with Crippen LogP contribution in [0.2, 0.25) is 0 Å². The summed E-state index contributed by atoms with van der Waals surface area (Å²) in [7, 11) is 1.65. The molecule has 6 heteroatoms. The third-order valence-corrected chi connectivity index (χ3v) is 5.77. The van der Waals surface area contributed by atoms with E-state index in [4.69, 9.17) is 4.74 Å². The van der Waals surface area contributed by atoms with Gasteiger partial charge in [-0.3, -0.25) is 14.8 Å². The highest BCUT2D eigenvalue weighted by Crippen LogP contribution is 2.33. The second-order valence-corrected chi connectivity index (χ2v) is 7.83. The van der Waals surface area contributed by atoms with E-state index in [9.17, 15) is 9.18 Å². The molecule has 2 heterocycles. The predicted octanol–water partition coefficient (Wildman–Crippen LogP) is 4.63. The van der Waals surface area contributed by atoms with E-state index in [0.717, 1.165) is 47.7 Å². The average Bonchev–Trinajstić information content (AvgIpc) is 2.83. The number of ether oxygens (including phenoxy) is 1. The zero-order valence-corrected chi connectivity index (χ0v) is 17.6. The molecule has 1 atom stereocenters. The van der Waals surface area contributed by atoms with Gasteiger partial charge in [-0.05, 0) is 49.1 Å². The highest BCUT2D eigenvalue weighted by atomic mass is 19.1. The van der Waals surface area contributed by atoms with E-state index in [1.54, 1.807) is 31.6 Å². The van der Waals surface area contributed by atoms with Gasteiger partial charge in [0.1, 0.15) is 11.6 Å². The van der Waals surface area contributed by atoms with Crippen LogP contribution in [-0.2, 0) is 11.2 Å². The molecule has 0 spiro atoms. The van der Waals surface area contributed by atoms with Crippen LogP contribution in [0.15, 0.2) is 60.9 Å². The van der Waals surface area contributed by atoms with Gasteiger partial charge in [-0.25, -0.2) is 4.39 Å². The summed E-state index contributed by atoms with van der Waals surface area (Å²) >= 11 is 0. The van der Waals surface area contributed by atoms with Crippen LogP contribution in [0.5, 0.6) is 5.75 Å². The van der Waals surface area contributed by atoms with Crippen molar-refractivity contribution in [3.05, 3.63) is 78.0 Å². The van der Waals surface area contributed by atoms with Crippen LogP contribution >= 0.6 is 0 Å². The van der Waals surface area contributed by atoms with Crippen molar-refractivity contribution >= 4 is 5.91 Å². The van der Waals surface area contributed by atoms with Crippen molar-refractivity contribution in [2.24, 2.45) is 0 Å². The molecule has 31 heavy (non-hydrogen) atoms. The van der Waals surface area contributed by atoms with Crippen molar-refractivity contribution in [3.8, 4) is 17.0 Å². The Kier molecular flexibility index (Phi) is 6.55. The van der Waals surface area contributed by atoms with Crippen molar-refractivity contribution in [1.82, 2.24) is 14.9 Å². The standard InChI is InChI=1S/C25H26FN3O2/c1-31-22-6-2-4-19(16-22)24-25(28-14-13-27-24)20-5-3-15-29(17-20)23(30)12-9-18-7-10-21(26)11-8-18/h2,4,6-8,10-11,13-14,16,20H,3,5,9,12,15,17H2,1H3. The fraction of sp³-hybridized carbons (Fsp3) is 0.320. The van der Waals surface area contributed by atoms with Gasteiger partial charge in [0, 0.05) is 43.4 Å². The second-order valence-electron chi connectivity index (χ2n) is 7.83. The molecule has 0 saturated carbocycles. The van der Waals surface area contributed by atoms with Crippen LogP contribution in [0.3, 0.4) is 0 Å². The van der Waals surface area contributed by atoms with Crippen molar-refractivity contribution in [1.29, 1.82) is 0 Å². The number of amides is 1. The number of carbonyl (C=O) groups excluding carboxylic acids is 1. The molecule has 3 aromatic rings. The number of methoxy groups -OCH3 is 1. The maximum Gasteiger partial charge on any atom is 0.222 e. The van der Waals surface area contributed by atoms with Crippen LogP contribution in [0.4, 0.5) is 4.39 Å². The number of aryl methyl sites for hydroxylation is 1. The summed E-state index contributed by atoms with van der Waals surface area (Å²) in [5.74, 6) is 0.777. The number of carbonyl (C=O) groups is 1. The molecule has 1 fully saturated rings.